The van der Waals surface area contributed by atoms with Gasteiger partial charge in [-0.25, -0.2) is 4.39 Å². The number of aromatic nitrogens is 1. The molecule has 1 aromatic carbocycles. The van der Waals surface area contributed by atoms with Gasteiger partial charge in [0.2, 0.25) is 0 Å². The summed E-state index contributed by atoms with van der Waals surface area (Å²) in [6.45, 7) is 0.897. The molecule has 1 spiro atoms. The van der Waals surface area contributed by atoms with Crippen molar-refractivity contribution in [1.82, 2.24) is 14.8 Å². The van der Waals surface area contributed by atoms with Crippen molar-refractivity contribution < 1.29 is 23.8 Å². The number of fused-ring (bicyclic) bond motifs is 4. The van der Waals surface area contributed by atoms with Gasteiger partial charge in [0.05, 0.1) is 10.6 Å². The minimum Gasteiger partial charge on any atom is -0.502 e. The molecule has 180 valence electrons. The Morgan fingerprint density at radius 2 is 2.12 bits per heavy atom. The van der Waals surface area contributed by atoms with E-state index in [4.69, 9.17) is 16.3 Å². The number of carbonyl (C=O) groups excluding carboxylic acids is 2. The van der Waals surface area contributed by atoms with Gasteiger partial charge < -0.3 is 20.1 Å². The maximum absolute atomic E-state index is 13.5. The highest BCUT2D eigenvalue weighted by atomic mass is 35.5. The minimum atomic E-state index is -0.917. The van der Waals surface area contributed by atoms with E-state index < -0.39 is 34.6 Å². The Bertz CT molecular complexity index is 1260. The first kappa shape index (κ1) is 22.9. The summed E-state index contributed by atoms with van der Waals surface area (Å²) in [6, 6.07) is 4.19. The predicted molar refractivity (Wildman–Crippen MR) is 121 cm³/mol. The summed E-state index contributed by atoms with van der Waals surface area (Å²) >= 11 is 5.86. The lowest BCUT2D eigenvalue weighted by Gasteiger charge is -2.35. The van der Waals surface area contributed by atoms with E-state index in [-0.39, 0.29) is 35.3 Å². The van der Waals surface area contributed by atoms with Gasteiger partial charge in [0.25, 0.3) is 17.4 Å². The molecule has 1 fully saturated rings. The van der Waals surface area contributed by atoms with Crippen molar-refractivity contribution in [3.63, 3.8) is 0 Å². The van der Waals surface area contributed by atoms with Crippen LogP contribution >= 0.6 is 11.6 Å². The molecule has 1 aliphatic carbocycles. The number of halogens is 2. The molecule has 2 N–H and O–H groups in total. The van der Waals surface area contributed by atoms with Crippen molar-refractivity contribution >= 4 is 23.4 Å². The highest BCUT2D eigenvalue weighted by molar-refractivity contribution is 6.30. The number of methoxy groups -OCH3 is 1. The van der Waals surface area contributed by atoms with Crippen LogP contribution in [0.1, 0.15) is 57.7 Å². The molecular weight excluding hydrogens is 465 g/mol. The number of nitrogens with zero attached hydrogens (tertiary/aromatic N) is 2. The molecule has 1 aromatic heterocycles. The zero-order valence-electron chi connectivity index (χ0n) is 18.7. The molecular formula is C24H25ClFN3O5. The molecule has 3 aliphatic rings. The average Bonchev–Trinajstić information content (AvgIpc) is 3.34. The average molecular weight is 490 g/mol. The lowest BCUT2D eigenvalue weighted by atomic mass is 9.92. The van der Waals surface area contributed by atoms with Crippen LogP contribution < -0.4 is 10.9 Å². The van der Waals surface area contributed by atoms with Crippen LogP contribution in [0.5, 0.6) is 5.75 Å². The van der Waals surface area contributed by atoms with Crippen LogP contribution in [0.4, 0.5) is 4.39 Å². The fourth-order valence-corrected chi connectivity index (χ4v) is 6.00. The maximum atomic E-state index is 13.5. The van der Waals surface area contributed by atoms with E-state index >= 15 is 0 Å². The van der Waals surface area contributed by atoms with Gasteiger partial charge in [0.15, 0.2) is 5.75 Å². The smallest absolute Gasteiger partial charge is 0.296 e. The summed E-state index contributed by atoms with van der Waals surface area (Å²) in [5.41, 5.74) is -0.614. The SMILES string of the molecule is COCCC1CCCC12NC(=O)c1c3c(c(O)c(=O)n12)C(=O)N(Cc1ccc(F)c(Cl)c1)CC3. The van der Waals surface area contributed by atoms with Crippen molar-refractivity contribution in [3.8, 4) is 5.75 Å². The van der Waals surface area contributed by atoms with Crippen LogP contribution in [0, 0.1) is 11.7 Å². The number of pyridine rings is 1. The summed E-state index contributed by atoms with van der Waals surface area (Å²) in [7, 11) is 1.61. The molecule has 1 saturated carbocycles. The van der Waals surface area contributed by atoms with Crippen LogP contribution in [0.2, 0.25) is 5.02 Å². The largest absolute Gasteiger partial charge is 0.502 e. The first-order valence-electron chi connectivity index (χ1n) is 11.3. The van der Waals surface area contributed by atoms with Gasteiger partial charge in [0, 0.05) is 38.3 Å². The quantitative estimate of drug-likeness (QED) is 0.672. The Labute approximate surface area is 200 Å². The zero-order valence-corrected chi connectivity index (χ0v) is 19.5. The zero-order chi connectivity index (χ0) is 24.2. The second-order valence-corrected chi connectivity index (χ2v) is 9.57. The first-order chi connectivity index (χ1) is 16.3. The molecule has 2 unspecified atom stereocenters. The van der Waals surface area contributed by atoms with Gasteiger partial charge in [0.1, 0.15) is 17.2 Å². The topological polar surface area (TPSA) is 101 Å². The van der Waals surface area contributed by atoms with Gasteiger partial charge in [-0.1, -0.05) is 17.7 Å². The molecule has 10 heteroatoms. The van der Waals surface area contributed by atoms with E-state index in [9.17, 15) is 23.9 Å². The van der Waals surface area contributed by atoms with Crippen molar-refractivity contribution in [1.29, 1.82) is 0 Å². The molecule has 0 bridgehead atoms. The lowest BCUT2D eigenvalue weighted by molar-refractivity contribution is 0.0719. The Kier molecular flexibility index (Phi) is 5.64. The Hall–Kier alpha value is -2.91. The Morgan fingerprint density at radius 1 is 1.32 bits per heavy atom. The third-order valence-corrected chi connectivity index (χ3v) is 7.63. The van der Waals surface area contributed by atoms with Crippen LogP contribution in [0.25, 0.3) is 0 Å². The number of nitrogens with one attached hydrogen (secondary N) is 1. The van der Waals surface area contributed by atoms with Crippen LogP contribution in [0.15, 0.2) is 23.0 Å². The van der Waals surface area contributed by atoms with E-state index in [0.717, 1.165) is 12.8 Å². The molecule has 0 saturated heterocycles. The molecule has 5 rings (SSSR count). The number of hydrogen-bond acceptors (Lipinski definition) is 5. The number of hydrogen-bond donors (Lipinski definition) is 2. The van der Waals surface area contributed by atoms with E-state index in [2.05, 4.69) is 5.32 Å². The Morgan fingerprint density at radius 3 is 2.85 bits per heavy atom. The maximum Gasteiger partial charge on any atom is 0.296 e. The third kappa shape index (κ3) is 3.32. The van der Waals surface area contributed by atoms with E-state index in [0.29, 0.717) is 37.0 Å². The molecule has 2 amide bonds. The first-order valence-corrected chi connectivity index (χ1v) is 11.7. The van der Waals surface area contributed by atoms with Crippen LogP contribution in [0.3, 0.4) is 0 Å². The molecule has 3 heterocycles. The number of ether oxygens (including phenoxy) is 1. The fourth-order valence-electron chi connectivity index (χ4n) is 5.79. The van der Waals surface area contributed by atoms with Crippen molar-refractivity contribution in [2.45, 2.75) is 44.3 Å². The van der Waals surface area contributed by atoms with Gasteiger partial charge >= 0.3 is 0 Å². The normalized spacial score (nSPS) is 23.4. The van der Waals surface area contributed by atoms with E-state index in [1.807, 2.05) is 0 Å². The predicted octanol–water partition coefficient (Wildman–Crippen LogP) is 2.78. The minimum absolute atomic E-state index is 0.0215. The monoisotopic (exact) mass is 489 g/mol. The molecule has 2 atom stereocenters. The molecule has 2 aliphatic heterocycles. The van der Waals surface area contributed by atoms with Gasteiger partial charge in [-0.3, -0.25) is 19.0 Å². The van der Waals surface area contributed by atoms with E-state index in [1.165, 1.54) is 27.7 Å². The van der Waals surface area contributed by atoms with Gasteiger partial charge in [-0.2, -0.15) is 0 Å². The third-order valence-electron chi connectivity index (χ3n) is 7.34. The summed E-state index contributed by atoms with van der Waals surface area (Å²) in [4.78, 5) is 41.4. The standard InChI is InChI=1S/C24H25ClFN3O5/c1-34-10-7-14-3-2-8-24(14)27-21(31)19-15-6-9-28(12-13-4-5-17(26)16(25)11-13)22(32)18(15)20(30)23(33)29(19)24/h4-5,11,14,30H,2-3,6-10,12H2,1H3,(H,27,31). The number of aromatic hydroxyl groups is 1. The van der Waals surface area contributed by atoms with Crippen LogP contribution in [-0.4, -0.2) is 46.6 Å². The van der Waals surface area contributed by atoms with Gasteiger partial charge in [-0.15, -0.1) is 0 Å². The van der Waals surface area contributed by atoms with Crippen LogP contribution in [-0.2, 0) is 23.4 Å². The second-order valence-electron chi connectivity index (χ2n) is 9.17. The number of rotatable bonds is 5. The highest BCUT2D eigenvalue weighted by Gasteiger charge is 2.53. The van der Waals surface area contributed by atoms with Crippen molar-refractivity contribution in [2.75, 3.05) is 20.3 Å². The summed E-state index contributed by atoms with van der Waals surface area (Å²) in [5, 5.41) is 13.9. The fraction of sp³-hybridized carbons (Fsp3) is 0.458. The number of carbonyl (C=O) groups is 2. The lowest BCUT2D eigenvalue weighted by Crippen LogP contribution is -2.50. The van der Waals surface area contributed by atoms with Crippen molar-refractivity contribution in [3.05, 3.63) is 61.8 Å². The highest BCUT2D eigenvalue weighted by Crippen LogP contribution is 2.46. The van der Waals surface area contributed by atoms with Crippen molar-refractivity contribution in [2.24, 2.45) is 5.92 Å². The number of benzene rings is 1. The molecule has 2 aromatic rings. The van der Waals surface area contributed by atoms with Gasteiger partial charge in [-0.05, 0) is 49.8 Å². The summed E-state index contributed by atoms with van der Waals surface area (Å²) in [5.74, 6) is -2.16. The molecule has 0 radical (unpaired) electrons. The summed E-state index contributed by atoms with van der Waals surface area (Å²) < 4.78 is 20.1. The summed E-state index contributed by atoms with van der Waals surface area (Å²) in [6.07, 6.45) is 3.17. The van der Waals surface area contributed by atoms with E-state index in [1.54, 1.807) is 7.11 Å². The number of amides is 2. The Balaban J connectivity index is 1.56. The second kappa shape index (κ2) is 8.39. The molecule has 8 nitrogen and oxygen atoms in total. The molecule has 34 heavy (non-hydrogen) atoms.